The number of carbonyl (C=O) groups excluding carboxylic acids is 1. The standard InChI is InChI=1S/C17H18N2O3/c1-2-14(12-13-8-4-3-5-9-13)18-17(20)15-10-6-7-11-16(15)19(21)22/h3-11,14H,2,12H2,1H3,(H,18,20)/t14-/m0/s1. The van der Waals surface area contributed by atoms with Crippen molar-refractivity contribution in [1.29, 1.82) is 0 Å². The van der Waals surface area contributed by atoms with Gasteiger partial charge in [0.2, 0.25) is 0 Å². The zero-order valence-corrected chi connectivity index (χ0v) is 12.4. The van der Waals surface area contributed by atoms with E-state index in [1.54, 1.807) is 12.1 Å². The Bertz CT molecular complexity index is 656. The lowest BCUT2D eigenvalue weighted by molar-refractivity contribution is -0.385. The van der Waals surface area contributed by atoms with Gasteiger partial charge in [-0.1, -0.05) is 49.4 Å². The number of carbonyl (C=O) groups is 1. The Morgan fingerprint density at radius 3 is 2.41 bits per heavy atom. The molecule has 1 amide bonds. The van der Waals surface area contributed by atoms with E-state index in [1.165, 1.54) is 12.1 Å². The molecule has 0 unspecified atom stereocenters. The van der Waals surface area contributed by atoms with Gasteiger partial charge in [0, 0.05) is 12.1 Å². The van der Waals surface area contributed by atoms with Crippen LogP contribution in [0, 0.1) is 10.1 Å². The van der Waals surface area contributed by atoms with Crippen molar-refractivity contribution in [3.8, 4) is 0 Å². The summed E-state index contributed by atoms with van der Waals surface area (Å²) in [7, 11) is 0. The van der Waals surface area contributed by atoms with Gasteiger partial charge < -0.3 is 5.32 Å². The number of para-hydroxylation sites is 1. The first-order valence-electron chi connectivity index (χ1n) is 7.20. The van der Waals surface area contributed by atoms with E-state index in [9.17, 15) is 14.9 Å². The lowest BCUT2D eigenvalue weighted by Crippen LogP contribution is -2.36. The lowest BCUT2D eigenvalue weighted by Gasteiger charge is -2.17. The Labute approximate surface area is 129 Å². The molecule has 1 N–H and O–H groups in total. The molecule has 5 nitrogen and oxygen atoms in total. The van der Waals surface area contributed by atoms with Gasteiger partial charge in [-0.05, 0) is 24.5 Å². The Morgan fingerprint density at radius 2 is 1.77 bits per heavy atom. The normalized spacial score (nSPS) is 11.7. The number of nitro benzene ring substituents is 1. The van der Waals surface area contributed by atoms with Gasteiger partial charge in [0.15, 0.2) is 0 Å². The molecule has 0 fully saturated rings. The first-order chi connectivity index (χ1) is 10.6. The second-order valence-corrected chi connectivity index (χ2v) is 5.04. The van der Waals surface area contributed by atoms with E-state index >= 15 is 0 Å². The first kappa shape index (κ1) is 15.7. The molecule has 0 saturated carbocycles. The van der Waals surface area contributed by atoms with Crippen LogP contribution in [0.5, 0.6) is 0 Å². The van der Waals surface area contributed by atoms with Gasteiger partial charge in [-0.15, -0.1) is 0 Å². The van der Waals surface area contributed by atoms with Crippen LogP contribution in [0.4, 0.5) is 5.69 Å². The SMILES string of the molecule is CC[C@@H](Cc1ccccc1)NC(=O)c1ccccc1[N+](=O)[O-]. The summed E-state index contributed by atoms with van der Waals surface area (Å²) in [5.41, 5.74) is 1.05. The number of nitro groups is 1. The summed E-state index contributed by atoms with van der Waals surface area (Å²) < 4.78 is 0. The third-order valence-corrected chi connectivity index (χ3v) is 3.50. The predicted molar refractivity (Wildman–Crippen MR) is 84.8 cm³/mol. The summed E-state index contributed by atoms with van der Waals surface area (Å²) in [6.45, 7) is 1.98. The van der Waals surface area contributed by atoms with Crippen molar-refractivity contribution in [2.45, 2.75) is 25.8 Å². The van der Waals surface area contributed by atoms with Crippen LogP contribution in [0.3, 0.4) is 0 Å². The maximum atomic E-state index is 12.3. The monoisotopic (exact) mass is 298 g/mol. The molecule has 114 valence electrons. The molecular formula is C17H18N2O3. The topological polar surface area (TPSA) is 72.2 Å². The van der Waals surface area contributed by atoms with Crippen molar-refractivity contribution in [2.75, 3.05) is 0 Å². The molecule has 2 aromatic carbocycles. The molecule has 0 radical (unpaired) electrons. The minimum absolute atomic E-state index is 0.0605. The molecule has 0 spiro atoms. The summed E-state index contributed by atoms with van der Waals surface area (Å²) in [5, 5.41) is 13.9. The van der Waals surface area contributed by atoms with Gasteiger partial charge in [0.25, 0.3) is 11.6 Å². The Morgan fingerprint density at radius 1 is 1.14 bits per heavy atom. The summed E-state index contributed by atoms with van der Waals surface area (Å²) in [6.07, 6.45) is 1.45. The minimum Gasteiger partial charge on any atom is -0.349 e. The maximum Gasteiger partial charge on any atom is 0.282 e. The molecule has 0 aliphatic heterocycles. The van der Waals surface area contributed by atoms with E-state index in [1.807, 2.05) is 37.3 Å². The number of benzene rings is 2. The highest BCUT2D eigenvalue weighted by Gasteiger charge is 2.21. The van der Waals surface area contributed by atoms with Crippen LogP contribution in [0.1, 0.15) is 29.3 Å². The van der Waals surface area contributed by atoms with Gasteiger partial charge in [0.1, 0.15) is 5.56 Å². The minimum atomic E-state index is -0.535. The highest BCUT2D eigenvalue weighted by Crippen LogP contribution is 2.18. The Kier molecular flexibility index (Phi) is 5.25. The van der Waals surface area contributed by atoms with Crippen LogP contribution in [0.15, 0.2) is 54.6 Å². The number of amides is 1. The van der Waals surface area contributed by atoms with Crippen LogP contribution < -0.4 is 5.32 Å². The van der Waals surface area contributed by atoms with E-state index in [2.05, 4.69) is 5.32 Å². The molecule has 0 aromatic heterocycles. The molecule has 0 aliphatic rings. The summed E-state index contributed by atoms with van der Waals surface area (Å²) in [4.78, 5) is 22.8. The lowest BCUT2D eigenvalue weighted by atomic mass is 10.0. The quantitative estimate of drug-likeness (QED) is 0.656. The second-order valence-electron chi connectivity index (χ2n) is 5.04. The van der Waals surface area contributed by atoms with E-state index < -0.39 is 10.8 Å². The molecule has 1 atom stereocenters. The molecule has 5 heteroatoms. The summed E-state index contributed by atoms with van der Waals surface area (Å²) >= 11 is 0. The third kappa shape index (κ3) is 3.91. The number of nitrogens with one attached hydrogen (secondary N) is 1. The van der Waals surface area contributed by atoms with Crippen LogP contribution in [-0.4, -0.2) is 16.9 Å². The van der Waals surface area contributed by atoms with E-state index in [4.69, 9.17) is 0 Å². The van der Waals surface area contributed by atoms with Crippen molar-refractivity contribution in [3.05, 3.63) is 75.8 Å². The molecule has 0 bridgehead atoms. The van der Waals surface area contributed by atoms with Gasteiger partial charge in [0.05, 0.1) is 4.92 Å². The Hall–Kier alpha value is -2.69. The van der Waals surface area contributed by atoms with E-state index in [-0.39, 0.29) is 17.3 Å². The largest absolute Gasteiger partial charge is 0.349 e. The molecule has 2 rings (SSSR count). The number of hydrogen-bond donors (Lipinski definition) is 1. The zero-order valence-electron chi connectivity index (χ0n) is 12.4. The molecular weight excluding hydrogens is 280 g/mol. The molecule has 2 aromatic rings. The fourth-order valence-electron chi connectivity index (χ4n) is 2.28. The van der Waals surface area contributed by atoms with Crippen molar-refractivity contribution in [3.63, 3.8) is 0 Å². The van der Waals surface area contributed by atoms with Crippen molar-refractivity contribution < 1.29 is 9.72 Å². The molecule has 0 aliphatic carbocycles. The smallest absolute Gasteiger partial charge is 0.282 e. The van der Waals surface area contributed by atoms with Crippen molar-refractivity contribution >= 4 is 11.6 Å². The summed E-state index contributed by atoms with van der Waals surface area (Å²) in [5.74, 6) is -0.407. The molecule has 0 heterocycles. The summed E-state index contributed by atoms with van der Waals surface area (Å²) in [6, 6.07) is 15.8. The number of nitrogens with zero attached hydrogens (tertiary/aromatic N) is 1. The van der Waals surface area contributed by atoms with Gasteiger partial charge >= 0.3 is 0 Å². The highest BCUT2D eigenvalue weighted by atomic mass is 16.6. The van der Waals surface area contributed by atoms with Gasteiger partial charge in [-0.3, -0.25) is 14.9 Å². The second kappa shape index (κ2) is 7.36. The number of hydrogen-bond acceptors (Lipinski definition) is 3. The van der Waals surface area contributed by atoms with Crippen LogP contribution in [0.25, 0.3) is 0 Å². The average molecular weight is 298 g/mol. The van der Waals surface area contributed by atoms with Crippen molar-refractivity contribution in [1.82, 2.24) is 5.32 Å². The van der Waals surface area contributed by atoms with Gasteiger partial charge in [-0.2, -0.15) is 0 Å². The van der Waals surface area contributed by atoms with Crippen molar-refractivity contribution in [2.24, 2.45) is 0 Å². The predicted octanol–water partition coefficient (Wildman–Crippen LogP) is 3.35. The third-order valence-electron chi connectivity index (χ3n) is 3.50. The average Bonchev–Trinajstić information content (AvgIpc) is 2.55. The zero-order chi connectivity index (χ0) is 15.9. The molecule has 0 saturated heterocycles. The van der Waals surface area contributed by atoms with Crippen LogP contribution >= 0.6 is 0 Å². The van der Waals surface area contributed by atoms with E-state index in [0.29, 0.717) is 6.42 Å². The first-order valence-corrected chi connectivity index (χ1v) is 7.20. The maximum absolute atomic E-state index is 12.3. The Balaban J connectivity index is 2.11. The fraction of sp³-hybridized carbons (Fsp3) is 0.235. The number of rotatable bonds is 6. The van der Waals surface area contributed by atoms with Crippen LogP contribution in [0.2, 0.25) is 0 Å². The van der Waals surface area contributed by atoms with Gasteiger partial charge in [-0.25, -0.2) is 0 Å². The van der Waals surface area contributed by atoms with Crippen LogP contribution in [-0.2, 0) is 6.42 Å². The van der Waals surface area contributed by atoms with E-state index in [0.717, 1.165) is 12.0 Å². The fourth-order valence-corrected chi connectivity index (χ4v) is 2.28. The highest BCUT2D eigenvalue weighted by molar-refractivity contribution is 5.98. The molecule has 22 heavy (non-hydrogen) atoms.